The molecular formula is C20H21FN4O3. The summed E-state index contributed by atoms with van der Waals surface area (Å²) in [6, 6.07) is 6.26. The molecule has 0 spiro atoms. The van der Waals surface area contributed by atoms with E-state index >= 15 is 0 Å². The van der Waals surface area contributed by atoms with Gasteiger partial charge in [-0.1, -0.05) is 12.1 Å². The lowest BCUT2D eigenvalue weighted by Gasteiger charge is -2.23. The molecule has 146 valence electrons. The number of benzene rings is 1. The molecule has 2 N–H and O–H groups in total. The molecule has 1 aromatic heterocycles. The molecule has 2 amide bonds. The Kier molecular flexibility index (Phi) is 4.77. The van der Waals surface area contributed by atoms with Gasteiger partial charge in [0, 0.05) is 24.4 Å². The fraction of sp³-hybridized carbons (Fsp3) is 0.450. The van der Waals surface area contributed by atoms with Crippen LogP contribution in [0, 0.1) is 17.1 Å². The van der Waals surface area contributed by atoms with Crippen LogP contribution in [0.25, 0.3) is 11.0 Å². The lowest BCUT2D eigenvalue weighted by atomic mass is 9.99. The van der Waals surface area contributed by atoms with Crippen LogP contribution in [0.2, 0.25) is 0 Å². The van der Waals surface area contributed by atoms with Gasteiger partial charge in [-0.05, 0) is 31.9 Å². The van der Waals surface area contributed by atoms with Gasteiger partial charge in [0.25, 0.3) is 5.91 Å². The Morgan fingerprint density at radius 2 is 2.14 bits per heavy atom. The van der Waals surface area contributed by atoms with Gasteiger partial charge in [-0.25, -0.2) is 4.39 Å². The van der Waals surface area contributed by atoms with E-state index in [2.05, 4.69) is 6.07 Å². The zero-order valence-electron chi connectivity index (χ0n) is 15.4. The summed E-state index contributed by atoms with van der Waals surface area (Å²) in [4.78, 5) is 28.2. The van der Waals surface area contributed by atoms with Crippen molar-refractivity contribution >= 4 is 22.8 Å². The van der Waals surface area contributed by atoms with Crippen LogP contribution in [0.1, 0.15) is 41.3 Å². The van der Waals surface area contributed by atoms with Crippen molar-refractivity contribution in [2.75, 3.05) is 26.2 Å². The second-order valence-electron chi connectivity index (χ2n) is 7.42. The third kappa shape index (κ3) is 3.12. The van der Waals surface area contributed by atoms with Crippen molar-refractivity contribution in [3.05, 3.63) is 35.3 Å². The Morgan fingerprint density at radius 1 is 1.32 bits per heavy atom. The Labute approximate surface area is 161 Å². The average Bonchev–Trinajstić information content (AvgIpc) is 3.39. The number of amides is 2. The zero-order valence-corrected chi connectivity index (χ0v) is 15.4. The van der Waals surface area contributed by atoms with Crippen molar-refractivity contribution in [2.24, 2.45) is 5.73 Å². The molecule has 0 unspecified atom stereocenters. The number of hydrogen-bond donors (Lipinski definition) is 1. The average molecular weight is 384 g/mol. The molecule has 8 heteroatoms. The van der Waals surface area contributed by atoms with Crippen molar-refractivity contribution in [1.29, 1.82) is 5.26 Å². The van der Waals surface area contributed by atoms with Gasteiger partial charge >= 0.3 is 0 Å². The maximum atomic E-state index is 14.1. The molecule has 28 heavy (non-hydrogen) atoms. The maximum absolute atomic E-state index is 14.1. The summed E-state index contributed by atoms with van der Waals surface area (Å²) in [5.74, 6) is -1.00. The second-order valence-corrected chi connectivity index (χ2v) is 7.42. The molecule has 2 aliphatic rings. The number of para-hydroxylation sites is 1. The third-order valence-electron chi connectivity index (χ3n) is 5.67. The number of primary amides is 1. The number of carbonyl (C=O) groups excluding carboxylic acids is 2. The van der Waals surface area contributed by atoms with E-state index in [4.69, 9.17) is 15.4 Å². The Hall–Kier alpha value is -2.92. The highest BCUT2D eigenvalue weighted by atomic mass is 19.1. The summed E-state index contributed by atoms with van der Waals surface area (Å²) < 4.78 is 19.8. The highest BCUT2D eigenvalue weighted by molar-refractivity contribution is 6.06. The van der Waals surface area contributed by atoms with Gasteiger partial charge in [0.15, 0.2) is 11.4 Å². The molecule has 4 rings (SSSR count). The van der Waals surface area contributed by atoms with Crippen LogP contribution in [0.15, 0.2) is 22.6 Å². The minimum Gasteiger partial charge on any atom is -0.457 e. The van der Waals surface area contributed by atoms with Crippen molar-refractivity contribution in [2.45, 2.75) is 31.2 Å². The molecule has 2 atom stereocenters. The van der Waals surface area contributed by atoms with Gasteiger partial charge in [0.1, 0.15) is 11.8 Å². The first-order valence-electron chi connectivity index (χ1n) is 9.41. The van der Waals surface area contributed by atoms with E-state index in [0.717, 1.165) is 12.8 Å². The number of carbonyl (C=O) groups is 2. The van der Waals surface area contributed by atoms with Crippen LogP contribution in [0.3, 0.4) is 0 Å². The van der Waals surface area contributed by atoms with Crippen LogP contribution in [-0.2, 0) is 4.79 Å². The standard InChI is InChI=1S/C20H21FN4O3/c21-15-5-1-4-14-17(20(23)27)18(28-19(14)15)12-6-8-24(10-12)11-16(26)25-7-2-3-13(25)9-22/h1,4-5,12-13H,2-3,6-8,10-11H2,(H2,23,27)/t12-,13-/m0/s1. The third-order valence-corrected chi connectivity index (χ3v) is 5.67. The van der Waals surface area contributed by atoms with Gasteiger partial charge in [-0.2, -0.15) is 5.26 Å². The second kappa shape index (κ2) is 7.24. The predicted octanol–water partition coefficient (Wildman–Crippen LogP) is 1.97. The first kappa shape index (κ1) is 18.4. The lowest BCUT2D eigenvalue weighted by molar-refractivity contribution is -0.132. The number of furan rings is 1. The smallest absolute Gasteiger partial charge is 0.252 e. The van der Waals surface area contributed by atoms with E-state index in [1.54, 1.807) is 11.0 Å². The van der Waals surface area contributed by atoms with Crippen LogP contribution in [0.4, 0.5) is 4.39 Å². The summed E-state index contributed by atoms with van der Waals surface area (Å²) >= 11 is 0. The zero-order chi connectivity index (χ0) is 19.8. The summed E-state index contributed by atoms with van der Waals surface area (Å²) in [7, 11) is 0. The Morgan fingerprint density at radius 3 is 2.89 bits per heavy atom. The molecule has 0 aliphatic carbocycles. The quantitative estimate of drug-likeness (QED) is 0.868. The van der Waals surface area contributed by atoms with Crippen molar-refractivity contribution in [1.82, 2.24) is 9.80 Å². The van der Waals surface area contributed by atoms with Crippen LogP contribution in [-0.4, -0.2) is 53.8 Å². The molecular weight excluding hydrogens is 363 g/mol. The van der Waals surface area contributed by atoms with E-state index in [1.807, 2.05) is 4.90 Å². The highest BCUT2D eigenvalue weighted by Crippen LogP contribution is 2.36. The van der Waals surface area contributed by atoms with Crippen LogP contribution < -0.4 is 5.73 Å². The largest absolute Gasteiger partial charge is 0.457 e. The van der Waals surface area contributed by atoms with Crippen molar-refractivity contribution in [3.8, 4) is 6.07 Å². The number of nitrogens with zero attached hydrogens (tertiary/aromatic N) is 3. The monoisotopic (exact) mass is 384 g/mol. The number of nitrogens with two attached hydrogens (primary N) is 1. The first-order valence-corrected chi connectivity index (χ1v) is 9.41. The minimum atomic E-state index is -0.650. The van der Waals surface area contributed by atoms with Crippen LogP contribution >= 0.6 is 0 Å². The highest BCUT2D eigenvalue weighted by Gasteiger charge is 2.35. The van der Waals surface area contributed by atoms with Gasteiger partial charge < -0.3 is 15.1 Å². The van der Waals surface area contributed by atoms with E-state index in [9.17, 15) is 14.0 Å². The summed E-state index contributed by atoms with van der Waals surface area (Å²) in [5.41, 5.74) is 5.80. The number of nitriles is 1. The summed E-state index contributed by atoms with van der Waals surface area (Å²) in [6.45, 7) is 2.00. The predicted molar refractivity (Wildman–Crippen MR) is 98.8 cm³/mol. The molecule has 0 bridgehead atoms. The Bertz CT molecular complexity index is 980. The maximum Gasteiger partial charge on any atom is 0.252 e. The molecule has 3 heterocycles. The van der Waals surface area contributed by atoms with Crippen molar-refractivity contribution < 1.29 is 18.4 Å². The fourth-order valence-corrected chi connectivity index (χ4v) is 4.32. The number of fused-ring (bicyclic) bond motifs is 1. The lowest BCUT2D eigenvalue weighted by Crippen LogP contribution is -2.41. The Balaban J connectivity index is 1.52. The molecule has 0 saturated carbocycles. The molecule has 2 fully saturated rings. The number of hydrogen-bond acceptors (Lipinski definition) is 5. The number of rotatable bonds is 4. The van der Waals surface area contributed by atoms with Gasteiger partial charge in [0.05, 0.1) is 18.2 Å². The molecule has 1 aromatic carbocycles. The normalized spacial score (nSPS) is 22.6. The van der Waals surface area contributed by atoms with Gasteiger partial charge in [-0.3, -0.25) is 14.5 Å². The molecule has 0 radical (unpaired) electrons. The molecule has 2 aliphatic heterocycles. The van der Waals surface area contributed by atoms with E-state index < -0.39 is 11.7 Å². The SMILES string of the molecule is N#C[C@@H]1CCCN1C(=O)CN1CC[C@H](c2oc3c(F)cccc3c2C(N)=O)C1. The van der Waals surface area contributed by atoms with E-state index in [1.165, 1.54) is 12.1 Å². The summed E-state index contributed by atoms with van der Waals surface area (Å²) in [5, 5.41) is 9.55. The van der Waals surface area contributed by atoms with Gasteiger partial charge in [-0.15, -0.1) is 0 Å². The first-order chi connectivity index (χ1) is 13.5. The molecule has 2 aromatic rings. The topological polar surface area (TPSA) is 104 Å². The minimum absolute atomic E-state index is 0.0368. The summed E-state index contributed by atoms with van der Waals surface area (Å²) in [6.07, 6.45) is 2.24. The number of likely N-dealkylation sites (tertiary alicyclic amines) is 2. The number of halogens is 1. The van der Waals surface area contributed by atoms with Crippen molar-refractivity contribution in [3.63, 3.8) is 0 Å². The molecule has 7 nitrogen and oxygen atoms in total. The molecule has 2 saturated heterocycles. The van der Waals surface area contributed by atoms with E-state index in [0.29, 0.717) is 37.2 Å². The van der Waals surface area contributed by atoms with Gasteiger partial charge in [0.2, 0.25) is 5.91 Å². The van der Waals surface area contributed by atoms with Crippen LogP contribution in [0.5, 0.6) is 0 Å². The van der Waals surface area contributed by atoms with E-state index in [-0.39, 0.29) is 35.6 Å². The fourth-order valence-electron chi connectivity index (χ4n) is 4.32.